The van der Waals surface area contributed by atoms with Gasteiger partial charge in [0.1, 0.15) is 5.75 Å². The highest BCUT2D eigenvalue weighted by atomic mass is 35.5. The number of fused-ring (bicyclic) bond motifs is 1. The minimum absolute atomic E-state index is 0. The number of pyridine rings is 1. The minimum atomic E-state index is 0. The Bertz CT molecular complexity index is 705. The van der Waals surface area contributed by atoms with Crippen LogP contribution in [0.3, 0.4) is 0 Å². The van der Waals surface area contributed by atoms with Gasteiger partial charge in [0.2, 0.25) is 5.52 Å². The van der Waals surface area contributed by atoms with Gasteiger partial charge in [-0.3, -0.25) is 0 Å². The molecule has 0 atom stereocenters. The Labute approximate surface area is 118 Å². The SMILES string of the molecule is Cc1cc(-c2ccccc2)c2ccc(O)cc2[nH+]1.[Cl-]. The molecule has 1 heterocycles. The fourth-order valence-corrected chi connectivity index (χ4v) is 2.27. The van der Waals surface area contributed by atoms with Crippen molar-refractivity contribution in [2.75, 3.05) is 0 Å². The van der Waals surface area contributed by atoms with E-state index in [1.807, 2.05) is 31.2 Å². The quantitative estimate of drug-likeness (QED) is 0.681. The minimum Gasteiger partial charge on any atom is -1.00 e. The lowest BCUT2D eigenvalue weighted by atomic mass is 10.0. The molecule has 0 aliphatic carbocycles. The van der Waals surface area contributed by atoms with Crippen molar-refractivity contribution in [1.82, 2.24) is 0 Å². The second kappa shape index (κ2) is 5.29. The van der Waals surface area contributed by atoms with Crippen molar-refractivity contribution in [2.45, 2.75) is 6.92 Å². The predicted molar refractivity (Wildman–Crippen MR) is 72.3 cm³/mol. The molecule has 0 radical (unpaired) electrons. The number of benzene rings is 2. The average Bonchev–Trinajstić information content (AvgIpc) is 2.38. The monoisotopic (exact) mass is 271 g/mol. The number of aryl methyl sites for hydroxylation is 1. The lowest BCUT2D eigenvalue weighted by molar-refractivity contribution is -0.354. The van der Waals surface area contributed by atoms with Crippen molar-refractivity contribution < 1.29 is 22.5 Å². The lowest BCUT2D eigenvalue weighted by Crippen LogP contribution is -3.00. The highest BCUT2D eigenvalue weighted by Crippen LogP contribution is 2.28. The second-order valence-corrected chi connectivity index (χ2v) is 4.46. The van der Waals surface area contributed by atoms with Gasteiger partial charge in [-0.1, -0.05) is 30.3 Å². The van der Waals surface area contributed by atoms with Crippen molar-refractivity contribution in [3.63, 3.8) is 0 Å². The molecule has 3 heteroatoms. The van der Waals surface area contributed by atoms with E-state index in [0.29, 0.717) is 0 Å². The first-order valence-electron chi connectivity index (χ1n) is 5.95. The molecule has 0 spiro atoms. The molecule has 0 fully saturated rings. The molecule has 1 aromatic heterocycles. The summed E-state index contributed by atoms with van der Waals surface area (Å²) >= 11 is 0. The number of hydrogen-bond acceptors (Lipinski definition) is 1. The van der Waals surface area contributed by atoms with Gasteiger partial charge >= 0.3 is 0 Å². The molecule has 19 heavy (non-hydrogen) atoms. The van der Waals surface area contributed by atoms with E-state index < -0.39 is 0 Å². The lowest BCUT2D eigenvalue weighted by Gasteiger charge is -2.04. The van der Waals surface area contributed by atoms with E-state index in [1.54, 1.807) is 12.1 Å². The summed E-state index contributed by atoms with van der Waals surface area (Å²) in [5, 5.41) is 10.7. The number of rotatable bonds is 1. The first kappa shape index (κ1) is 13.4. The predicted octanol–water partition coefficient (Wildman–Crippen LogP) is 0.339. The van der Waals surface area contributed by atoms with Gasteiger partial charge in [0.05, 0.1) is 11.5 Å². The molecule has 3 aromatic rings. The number of aromatic nitrogens is 1. The summed E-state index contributed by atoms with van der Waals surface area (Å²) in [7, 11) is 0. The van der Waals surface area contributed by atoms with Crippen LogP contribution in [-0.2, 0) is 0 Å². The van der Waals surface area contributed by atoms with Crippen LogP contribution in [-0.4, -0.2) is 5.11 Å². The van der Waals surface area contributed by atoms with Crippen LogP contribution in [0.5, 0.6) is 5.75 Å². The van der Waals surface area contributed by atoms with Crippen LogP contribution < -0.4 is 17.4 Å². The number of H-pyrrole nitrogens is 1. The van der Waals surface area contributed by atoms with Crippen LogP contribution >= 0.6 is 0 Å². The molecule has 0 aliphatic heterocycles. The van der Waals surface area contributed by atoms with E-state index in [9.17, 15) is 5.11 Å². The molecule has 3 rings (SSSR count). The molecule has 0 unspecified atom stereocenters. The third-order valence-electron chi connectivity index (χ3n) is 3.07. The smallest absolute Gasteiger partial charge is 0.215 e. The van der Waals surface area contributed by atoms with Gasteiger partial charge < -0.3 is 17.5 Å². The van der Waals surface area contributed by atoms with Crippen molar-refractivity contribution in [3.05, 3.63) is 60.3 Å². The van der Waals surface area contributed by atoms with Crippen LogP contribution in [0.4, 0.5) is 0 Å². The Morgan fingerprint density at radius 3 is 2.42 bits per heavy atom. The fraction of sp³-hybridized carbons (Fsp3) is 0.0625. The maximum atomic E-state index is 9.56. The largest absolute Gasteiger partial charge is 1.00 e. The number of aromatic amines is 1. The Hall–Kier alpha value is -2.06. The first-order chi connectivity index (χ1) is 8.74. The Morgan fingerprint density at radius 2 is 1.68 bits per heavy atom. The van der Waals surface area contributed by atoms with Gasteiger partial charge in [-0.2, -0.15) is 0 Å². The Balaban J connectivity index is 0.00000133. The van der Waals surface area contributed by atoms with Crippen LogP contribution in [0.1, 0.15) is 5.69 Å². The van der Waals surface area contributed by atoms with Crippen molar-refractivity contribution >= 4 is 10.9 Å². The topological polar surface area (TPSA) is 34.4 Å². The van der Waals surface area contributed by atoms with E-state index in [0.717, 1.165) is 16.6 Å². The second-order valence-electron chi connectivity index (χ2n) is 4.46. The van der Waals surface area contributed by atoms with Gasteiger partial charge in [0, 0.05) is 18.6 Å². The summed E-state index contributed by atoms with van der Waals surface area (Å²) in [4.78, 5) is 3.28. The zero-order valence-electron chi connectivity index (χ0n) is 10.5. The maximum Gasteiger partial charge on any atom is 0.215 e. The molecule has 0 saturated carbocycles. The van der Waals surface area contributed by atoms with Gasteiger partial charge in [-0.15, -0.1) is 0 Å². The van der Waals surface area contributed by atoms with Gasteiger partial charge in [0.25, 0.3) is 0 Å². The number of aromatic hydroxyl groups is 1. The standard InChI is InChI=1S/C16H13NO.ClH/c1-11-9-15(12-5-3-2-4-6-12)14-8-7-13(18)10-16(14)17-11;/h2-10,18H,1H3;1H. The summed E-state index contributed by atoms with van der Waals surface area (Å²) in [6.45, 7) is 2.02. The van der Waals surface area contributed by atoms with Gasteiger partial charge in [0.15, 0.2) is 5.69 Å². The fourth-order valence-electron chi connectivity index (χ4n) is 2.27. The van der Waals surface area contributed by atoms with Gasteiger partial charge in [-0.25, -0.2) is 4.98 Å². The molecular formula is C16H14ClNO. The number of halogens is 1. The maximum absolute atomic E-state index is 9.56. The van der Waals surface area contributed by atoms with E-state index in [-0.39, 0.29) is 18.2 Å². The molecule has 0 bridgehead atoms. The summed E-state index contributed by atoms with van der Waals surface area (Å²) in [6, 6.07) is 17.8. The average molecular weight is 272 g/mol. The summed E-state index contributed by atoms with van der Waals surface area (Å²) in [5.74, 6) is 0.281. The summed E-state index contributed by atoms with van der Waals surface area (Å²) < 4.78 is 0. The number of phenolic OH excluding ortho intramolecular Hbond substituents is 1. The van der Waals surface area contributed by atoms with E-state index >= 15 is 0 Å². The number of phenols is 1. The zero-order valence-corrected chi connectivity index (χ0v) is 11.3. The summed E-state index contributed by atoms with van der Waals surface area (Å²) in [5.41, 5.74) is 4.40. The third kappa shape index (κ3) is 2.54. The molecule has 0 saturated heterocycles. The molecule has 2 N–H and O–H groups in total. The van der Waals surface area contributed by atoms with E-state index in [2.05, 4.69) is 23.2 Å². The van der Waals surface area contributed by atoms with Crippen LogP contribution in [0, 0.1) is 6.92 Å². The van der Waals surface area contributed by atoms with E-state index in [1.165, 1.54) is 11.1 Å². The molecule has 96 valence electrons. The van der Waals surface area contributed by atoms with Crippen LogP contribution in [0.15, 0.2) is 54.6 Å². The molecule has 2 nitrogen and oxygen atoms in total. The highest BCUT2D eigenvalue weighted by Gasteiger charge is 2.11. The Kier molecular flexibility index (Phi) is 3.72. The van der Waals surface area contributed by atoms with Gasteiger partial charge in [-0.05, 0) is 17.7 Å². The highest BCUT2D eigenvalue weighted by molar-refractivity contribution is 5.93. The molecule has 0 amide bonds. The van der Waals surface area contributed by atoms with Crippen molar-refractivity contribution in [3.8, 4) is 16.9 Å². The normalized spacial score (nSPS) is 10.2. The molecular weight excluding hydrogens is 258 g/mol. The third-order valence-corrected chi connectivity index (χ3v) is 3.07. The number of hydrogen-bond donors (Lipinski definition) is 1. The Morgan fingerprint density at radius 1 is 0.947 bits per heavy atom. The first-order valence-corrected chi connectivity index (χ1v) is 5.95. The number of nitrogens with one attached hydrogen (secondary N) is 1. The van der Waals surface area contributed by atoms with E-state index in [4.69, 9.17) is 0 Å². The molecule has 2 aromatic carbocycles. The zero-order chi connectivity index (χ0) is 12.5. The van der Waals surface area contributed by atoms with Crippen LogP contribution in [0.25, 0.3) is 22.0 Å². The molecule has 0 aliphatic rings. The van der Waals surface area contributed by atoms with Crippen LogP contribution in [0.2, 0.25) is 0 Å². The summed E-state index contributed by atoms with van der Waals surface area (Å²) in [6.07, 6.45) is 0. The van der Waals surface area contributed by atoms with Crippen molar-refractivity contribution in [2.24, 2.45) is 0 Å². The van der Waals surface area contributed by atoms with Crippen molar-refractivity contribution in [1.29, 1.82) is 0 Å².